The first-order valence-corrected chi connectivity index (χ1v) is 14.8. The Labute approximate surface area is 252 Å². The van der Waals surface area contributed by atoms with E-state index in [2.05, 4.69) is 26.8 Å². The highest BCUT2D eigenvalue weighted by Gasteiger charge is 2.35. The zero-order valence-electron chi connectivity index (χ0n) is 24.4. The van der Waals surface area contributed by atoms with Gasteiger partial charge in [0.15, 0.2) is 0 Å². The zero-order chi connectivity index (χ0) is 30.8. The van der Waals surface area contributed by atoms with E-state index < -0.39 is 24.3 Å². The maximum atomic E-state index is 14.1. The average Bonchev–Trinajstić information content (AvgIpc) is 3.51. The van der Waals surface area contributed by atoms with Crippen LogP contribution in [0, 0.1) is 0 Å². The molecule has 1 aromatic carbocycles. The van der Waals surface area contributed by atoms with Crippen LogP contribution in [0.1, 0.15) is 40.8 Å². The fourth-order valence-corrected chi connectivity index (χ4v) is 6.06. The minimum atomic E-state index is -4.55. The quantitative estimate of drug-likeness (QED) is 0.264. The van der Waals surface area contributed by atoms with Crippen molar-refractivity contribution < 1.29 is 27.1 Å². The number of hydrogen-bond acceptors (Lipinski definition) is 6. The molecule has 0 radical (unpaired) electrons. The van der Waals surface area contributed by atoms with Crippen LogP contribution in [0.5, 0.6) is 11.5 Å². The summed E-state index contributed by atoms with van der Waals surface area (Å²) in [4.78, 5) is 30.9. The highest BCUT2D eigenvalue weighted by atomic mass is 19.4. The van der Waals surface area contributed by atoms with E-state index in [1.54, 1.807) is 30.6 Å². The molecule has 0 saturated carbocycles. The predicted octanol–water partition coefficient (Wildman–Crippen LogP) is 5.54. The third kappa shape index (κ3) is 6.41. The number of carbonyl (C=O) groups excluding carboxylic acids is 1. The van der Waals surface area contributed by atoms with Gasteiger partial charge in [0.1, 0.15) is 17.1 Å². The fraction of sp³-hybridized carbons (Fsp3) is 0.406. The number of rotatable bonds is 8. The Morgan fingerprint density at radius 3 is 2.61 bits per heavy atom. The van der Waals surface area contributed by atoms with Crippen LogP contribution in [0.3, 0.4) is 0 Å². The van der Waals surface area contributed by atoms with Gasteiger partial charge in [0.05, 0.1) is 35.9 Å². The molecule has 5 heterocycles. The standard InChI is InChI=1S/C32H34F4N6O2/c1-2-40-9-11-41(12-10-40)18-22-4-3-21(13-27(22)32(34,35)36)14-29(43)42-19-23-15-25(17-39-30(23)24(16-33)20-42)44-28-6-8-38-31-26(28)5-7-37-31/h3-8,13,15,17,24H,2,9-12,14,16,18-20H2,1H3,(H,37,38). The van der Waals surface area contributed by atoms with E-state index in [1.165, 1.54) is 17.2 Å². The molecule has 0 bridgehead atoms. The summed E-state index contributed by atoms with van der Waals surface area (Å²) in [6.07, 6.45) is 0.126. The first-order valence-electron chi connectivity index (χ1n) is 14.8. The Morgan fingerprint density at radius 1 is 1.07 bits per heavy atom. The molecule has 44 heavy (non-hydrogen) atoms. The Bertz CT molecular complexity index is 1630. The summed E-state index contributed by atoms with van der Waals surface area (Å²) in [6, 6.07) is 9.47. The smallest absolute Gasteiger partial charge is 0.416 e. The second-order valence-corrected chi connectivity index (χ2v) is 11.4. The molecule has 8 nitrogen and oxygen atoms in total. The van der Waals surface area contributed by atoms with E-state index in [0.717, 1.165) is 31.1 Å². The van der Waals surface area contributed by atoms with Crippen molar-refractivity contribution in [2.75, 3.05) is 45.9 Å². The molecule has 1 amide bonds. The minimum Gasteiger partial charge on any atom is -0.455 e. The minimum absolute atomic E-state index is 0.0951. The first-order chi connectivity index (χ1) is 21.2. The van der Waals surface area contributed by atoms with Crippen LogP contribution in [0.4, 0.5) is 17.6 Å². The number of hydrogen-bond donors (Lipinski definition) is 1. The van der Waals surface area contributed by atoms with Crippen molar-refractivity contribution in [3.05, 3.63) is 82.9 Å². The molecule has 12 heteroatoms. The molecular weight excluding hydrogens is 576 g/mol. The number of benzene rings is 1. The van der Waals surface area contributed by atoms with Gasteiger partial charge in [-0.05, 0) is 47.5 Å². The van der Waals surface area contributed by atoms with Gasteiger partial charge in [-0.2, -0.15) is 13.2 Å². The molecule has 1 atom stereocenters. The number of alkyl halides is 4. The molecule has 0 spiro atoms. The average molecular weight is 611 g/mol. The highest BCUT2D eigenvalue weighted by Crippen LogP contribution is 2.35. The summed E-state index contributed by atoms with van der Waals surface area (Å²) in [5, 5.41) is 0.784. The lowest BCUT2D eigenvalue weighted by atomic mass is 9.94. The van der Waals surface area contributed by atoms with Crippen molar-refractivity contribution in [2.24, 2.45) is 0 Å². The fourth-order valence-electron chi connectivity index (χ4n) is 6.06. The van der Waals surface area contributed by atoms with Gasteiger partial charge in [-0.1, -0.05) is 19.1 Å². The molecule has 1 fully saturated rings. The topological polar surface area (TPSA) is 77.6 Å². The monoisotopic (exact) mass is 610 g/mol. The zero-order valence-corrected chi connectivity index (χ0v) is 24.4. The number of carbonyl (C=O) groups is 1. The van der Waals surface area contributed by atoms with Gasteiger partial charge in [0.25, 0.3) is 0 Å². The van der Waals surface area contributed by atoms with E-state index in [-0.39, 0.29) is 43.1 Å². The SMILES string of the molecule is CCN1CCN(Cc2ccc(CC(=O)N3Cc4cc(Oc5ccnc6[nH]ccc56)cnc4C(CF)C3)cc2C(F)(F)F)CC1. The molecule has 2 aliphatic rings. The first kappa shape index (κ1) is 30.0. The van der Waals surface area contributed by atoms with Gasteiger partial charge in [-0.15, -0.1) is 0 Å². The van der Waals surface area contributed by atoms with Crippen LogP contribution in [0.25, 0.3) is 11.0 Å². The number of aromatic amines is 1. The molecule has 0 aliphatic carbocycles. The second-order valence-electron chi connectivity index (χ2n) is 11.4. The number of likely N-dealkylation sites (N-methyl/N-ethyl adjacent to an activating group) is 1. The number of ether oxygens (including phenoxy) is 1. The lowest BCUT2D eigenvalue weighted by Gasteiger charge is -2.34. The number of nitrogens with zero attached hydrogens (tertiary/aromatic N) is 5. The van der Waals surface area contributed by atoms with Gasteiger partial charge in [-0.25, -0.2) is 4.98 Å². The molecule has 1 N–H and O–H groups in total. The van der Waals surface area contributed by atoms with Crippen LogP contribution in [0.2, 0.25) is 0 Å². The van der Waals surface area contributed by atoms with E-state index >= 15 is 0 Å². The summed E-state index contributed by atoms with van der Waals surface area (Å²) < 4.78 is 62.6. The Hall–Kier alpha value is -4.03. The van der Waals surface area contributed by atoms with E-state index in [9.17, 15) is 22.4 Å². The summed E-state index contributed by atoms with van der Waals surface area (Å²) in [5.74, 6) is -0.0303. The summed E-state index contributed by atoms with van der Waals surface area (Å²) in [7, 11) is 0. The summed E-state index contributed by atoms with van der Waals surface area (Å²) >= 11 is 0. The number of H-pyrrole nitrogens is 1. The third-order valence-electron chi connectivity index (χ3n) is 8.49. The Balaban J connectivity index is 1.17. The highest BCUT2D eigenvalue weighted by molar-refractivity contribution is 5.82. The van der Waals surface area contributed by atoms with Crippen LogP contribution in [0.15, 0.2) is 55.0 Å². The number of piperazine rings is 1. The number of pyridine rings is 2. The van der Waals surface area contributed by atoms with E-state index in [1.807, 2.05) is 11.0 Å². The number of aromatic nitrogens is 3. The molecule has 1 unspecified atom stereocenters. The molecule has 4 aromatic rings. The predicted molar refractivity (Wildman–Crippen MR) is 157 cm³/mol. The Morgan fingerprint density at radius 2 is 1.86 bits per heavy atom. The van der Waals surface area contributed by atoms with Crippen molar-refractivity contribution in [3.8, 4) is 11.5 Å². The van der Waals surface area contributed by atoms with Gasteiger partial charge < -0.3 is 19.5 Å². The second kappa shape index (κ2) is 12.5. The Kier molecular flexibility index (Phi) is 8.55. The van der Waals surface area contributed by atoms with Gasteiger partial charge >= 0.3 is 6.18 Å². The van der Waals surface area contributed by atoms with Crippen LogP contribution in [-0.4, -0.2) is 81.5 Å². The summed E-state index contributed by atoms with van der Waals surface area (Å²) in [6.45, 7) is 5.79. The number of nitrogens with one attached hydrogen (secondary N) is 1. The normalized spacial score (nSPS) is 18.0. The summed E-state index contributed by atoms with van der Waals surface area (Å²) in [5.41, 5.74) is 1.61. The van der Waals surface area contributed by atoms with Gasteiger partial charge in [-0.3, -0.25) is 19.1 Å². The van der Waals surface area contributed by atoms with E-state index in [4.69, 9.17) is 4.74 Å². The van der Waals surface area contributed by atoms with Crippen molar-refractivity contribution in [1.82, 2.24) is 29.7 Å². The number of fused-ring (bicyclic) bond motifs is 2. The van der Waals surface area contributed by atoms with Crippen LogP contribution >= 0.6 is 0 Å². The van der Waals surface area contributed by atoms with Crippen molar-refractivity contribution in [3.63, 3.8) is 0 Å². The van der Waals surface area contributed by atoms with Gasteiger partial charge in [0, 0.05) is 64.1 Å². The van der Waals surface area contributed by atoms with Crippen LogP contribution < -0.4 is 4.74 Å². The van der Waals surface area contributed by atoms with Crippen molar-refractivity contribution in [1.29, 1.82) is 0 Å². The molecular formula is C32H34F4N6O2. The number of halogens is 4. The number of amides is 1. The lowest BCUT2D eigenvalue weighted by Crippen LogP contribution is -2.45. The maximum Gasteiger partial charge on any atom is 0.416 e. The molecule has 2 aliphatic heterocycles. The van der Waals surface area contributed by atoms with E-state index in [0.29, 0.717) is 41.5 Å². The largest absolute Gasteiger partial charge is 0.455 e. The lowest BCUT2D eigenvalue weighted by molar-refractivity contribution is -0.139. The molecule has 3 aromatic heterocycles. The molecule has 232 valence electrons. The molecule has 6 rings (SSSR count). The molecule has 1 saturated heterocycles. The van der Waals surface area contributed by atoms with Gasteiger partial charge in [0.2, 0.25) is 5.91 Å². The maximum absolute atomic E-state index is 14.1. The van der Waals surface area contributed by atoms with Crippen molar-refractivity contribution >= 4 is 16.9 Å². The van der Waals surface area contributed by atoms with Crippen molar-refractivity contribution in [2.45, 2.75) is 38.5 Å². The third-order valence-corrected chi connectivity index (χ3v) is 8.49. The van der Waals surface area contributed by atoms with Crippen LogP contribution in [-0.2, 0) is 30.5 Å².